The Morgan fingerprint density at radius 1 is 1.29 bits per heavy atom. The molecule has 0 aliphatic carbocycles. The van der Waals surface area contributed by atoms with Crippen LogP contribution in [-0.4, -0.2) is 5.91 Å². The minimum Gasteiger partial charge on any atom is -0.352 e. The van der Waals surface area contributed by atoms with E-state index in [4.69, 9.17) is 0 Å². The lowest BCUT2D eigenvalue weighted by Crippen LogP contribution is -2.18. The molecule has 1 amide bonds. The zero-order valence-electron chi connectivity index (χ0n) is 8.80. The molecule has 0 unspecified atom stereocenters. The summed E-state index contributed by atoms with van der Waals surface area (Å²) in [4.78, 5) is 10.6. The molecule has 78 valence electrons. The predicted octanol–water partition coefficient (Wildman–Crippen LogP) is 3.11. The lowest BCUT2D eigenvalue weighted by molar-refractivity contribution is -0.119. The second-order valence-corrected chi connectivity index (χ2v) is 3.45. The summed E-state index contributed by atoms with van der Waals surface area (Å²) >= 11 is 3.34. The first-order valence-electron chi connectivity index (χ1n) is 4.67. The van der Waals surface area contributed by atoms with Gasteiger partial charge in [-0.2, -0.15) is 0 Å². The van der Waals surface area contributed by atoms with Gasteiger partial charge in [0.05, 0.1) is 0 Å². The Morgan fingerprint density at radius 2 is 1.79 bits per heavy atom. The first-order valence-corrected chi connectivity index (χ1v) is 5.46. The average molecular weight is 258 g/mol. The van der Waals surface area contributed by atoms with Crippen LogP contribution >= 0.6 is 15.9 Å². The van der Waals surface area contributed by atoms with E-state index in [9.17, 15) is 4.79 Å². The third-order valence-corrected chi connectivity index (χ3v) is 1.98. The van der Waals surface area contributed by atoms with E-state index in [-0.39, 0.29) is 5.91 Å². The molecular formula is C11H16BrNO. The molecule has 0 saturated carbocycles. The fourth-order valence-electron chi connectivity index (χ4n) is 0.829. The van der Waals surface area contributed by atoms with Crippen LogP contribution in [0.15, 0.2) is 28.7 Å². The van der Waals surface area contributed by atoms with Crippen molar-refractivity contribution in [2.45, 2.75) is 27.3 Å². The summed E-state index contributed by atoms with van der Waals surface area (Å²) < 4.78 is 1.05. The van der Waals surface area contributed by atoms with Crippen molar-refractivity contribution in [3.63, 3.8) is 0 Å². The van der Waals surface area contributed by atoms with Gasteiger partial charge in [0.15, 0.2) is 0 Å². The summed E-state index contributed by atoms with van der Waals surface area (Å²) in [6, 6.07) is 7.86. The Balaban J connectivity index is 0.000000791. The van der Waals surface area contributed by atoms with Crippen molar-refractivity contribution in [1.82, 2.24) is 5.32 Å². The lowest BCUT2D eigenvalue weighted by Gasteiger charge is -2.01. The highest BCUT2D eigenvalue weighted by Gasteiger charge is 1.93. The maximum absolute atomic E-state index is 10.6. The first kappa shape index (κ1) is 13.2. The minimum absolute atomic E-state index is 0.00193. The highest BCUT2D eigenvalue weighted by atomic mass is 79.9. The molecule has 1 aromatic carbocycles. The van der Waals surface area contributed by atoms with Gasteiger partial charge in [0.25, 0.3) is 0 Å². The second-order valence-electron chi connectivity index (χ2n) is 2.54. The number of halogens is 1. The van der Waals surface area contributed by atoms with Crippen molar-refractivity contribution >= 4 is 21.8 Å². The number of carbonyl (C=O) groups excluding carboxylic acids is 1. The summed E-state index contributed by atoms with van der Waals surface area (Å²) in [6.07, 6.45) is 0. The number of rotatable bonds is 2. The van der Waals surface area contributed by atoms with Crippen LogP contribution in [0.5, 0.6) is 0 Å². The molecule has 0 fully saturated rings. The molecule has 1 aromatic rings. The molecule has 0 atom stereocenters. The molecule has 1 N–H and O–H groups in total. The first-order chi connectivity index (χ1) is 6.68. The normalized spacial score (nSPS) is 8.57. The molecule has 0 spiro atoms. The summed E-state index contributed by atoms with van der Waals surface area (Å²) in [5.41, 5.74) is 1.11. The summed E-state index contributed by atoms with van der Waals surface area (Å²) in [7, 11) is 0. The molecule has 3 heteroatoms. The third kappa shape index (κ3) is 5.75. The molecule has 0 aromatic heterocycles. The highest BCUT2D eigenvalue weighted by molar-refractivity contribution is 9.10. The maximum Gasteiger partial charge on any atom is 0.217 e. The van der Waals surface area contributed by atoms with Crippen LogP contribution in [0.1, 0.15) is 26.3 Å². The molecule has 1 rings (SSSR count). The molecule has 0 aliphatic heterocycles. The topological polar surface area (TPSA) is 29.1 Å². The molecule has 0 aliphatic rings. The monoisotopic (exact) mass is 257 g/mol. The fourth-order valence-corrected chi connectivity index (χ4v) is 1.09. The van der Waals surface area contributed by atoms with E-state index < -0.39 is 0 Å². The van der Waals surface area contributed by atoms with Crippen molar-refractivity contribution < 1.29 is 4.79 Å². The number of benzene rings is 1. The minimum atomic E-state index is -0.00193. The van der Waals surface area contributed by atoms with Crippen molar-refractivity contribution in [2.75, 3.05) is 0 Å². The van der Waals surface area contributed by atoms with E-state index in [1.165, 1.54) is 6.92 Å². The SMILES string of the molecule is CC.CC(=O)NCc1ccc(Br)cc1. The van der Waals surface area contributed by atoms with E-state index >= 15 is 0 Å². The Labute approximate surface area is 93.8 Å². The smallest absolute Gasteiger partial charge is 0.217 e. The number of hydrogen-bond donors (Lipinski definition) is 1. The zero-order valence-corrected chi connectivity index (χ0v) is 10.4. The van der Waals surface area contributed by atoms with E-state index in [0.717, 1.165) is 10.0 Å². The molecule has 0 saturated heterocycles. The Morgan fingerprint density at radius 3 is 2.21 bits per heavy atom. The van der Waals surface area contributed by atoms with Gasteiger partial charge in [0.1, 0.15) is 0 Å². The van der Waals surface area contributed by atoms with Crippen LogP contribution in [-0.2, 0) is 11.3 Å². The van der Waals surface area contributed by atoms with Crippen LogP contribution in [0.25, 0.3) is 0 Å². The highest BCUT2D eigenvalue weighted by Crippen LogP contribution is 2.09. The van der Waals surface area contributed by atoms with Crippen LogP contribution in [0.2, 0.25) is 0 Å². The van der Waals surface area contributed by atoms with Crippen molar-refractivity contribution in [1.29, 1.82) is 0 Å². The van der Waals surface area contributed by atoms with Gasteiger partial charge in [-0.05, 0) is 17.7 Å². The molecule has 14 heavy (non-hydrogen) atoms. The number of carbonyl (C=O) groups is 1. The van der Waals surface area contributed by atoms with Crippen LogP contribution in [0, 0.1) is 0 Å². The lowest BCUT2D eigenvalue weighted by atomic mass is 10.2. The molecular weight excluding hydrogens is 242 g/mol. The van der Waals surface area contributed by atoms with E-state index in [1.54, 1.807) is 0 Å². The number of hydrogen-bond acceptors (Lipinski definition) is 1. The van der Waals surface area contributed by atoms with E-state index in [1.807, 2.05) is 38.1 Å². The Hall–Kier alpha value is -0.830. The van der Waals surface area contributed by atoms with Gasteiger partial charge < -0.3 is 5.32 Å². The maximum atomic E-state index is 10.6. The van der Waals surface area contributed by atoms with Crippen LogP contribution < -0.4 is 5.32 Å². The molecule has 0 bridgehead atoms. The van der Waals surface area contributed by atoms with Gasteiger partial charge in [-0.3, -0.25) is 4.79 Å². The number of amides is 1. The van der Waals surface area contributed by atoms with Crippen LogP contribution in [0.3, 0.4) is 0 Å². The molecule has 2 nitrogen and oxygen atoms in total. The standard InChI is InChI=1S/C9H10BrNO.C2H6/c1-7(12)11-6-8-2-4-9(10)5-3-8;1-2/h2-5H,6H2,1H3,(H,11,12);1-2H3. The second kappa shape index (κ2) is 7.56. The van der Waals surface area contributed by atoms with Crippen molar-refractivity contribution in [3.8, 4) is 0 Å². The quantitative estimate of drug-likeness (QED) is 0.867. The average Bonchev–Trinajstić information content (AvgIpc) is 2.20. The summed E-state index contributed by atoms with van der Waals surface area (Å²) in [5.74, 6) is -0.00193. The summed E-state index contributed by atoms with van der Waals surface area (Å²) in [6.45, 7) is 6.11. The predicted molar refractivity (Wildman–Crippen MR) is 63.0 cm³/mol. The van der Waals surface area contributed by atoms with Crippen LogP contribution in [0.4, 0.5) is 0 Å². The zero-order chi connectivity index (χ0) is 11.0. The van der Waals surface area contributed by atoms with Crippen molar-refractivity contribution in [3.05, 3.63) is 34.3 Å². The number of nitrogens with one attached hydrogen (secondary N) is 1. The molecule has 0 radical (unpaired) electrons. The third-order valence-electron chi connectivity index (χ3n) is 1.45. The van der Waals surface area contributed by atoms with E-state index in [2.05, 4.69) is 21.2 Å². The van der Waals surface area contributed by atoms with Gasteiger partial charge in [-0.1, -0.05) is 41.9 Å². The van der Waals surface area contributed by atoms with Gasteiger partial charge >= 0.3 is 0 Å². The van der Waals surface area contributed by atoms with Gasteiger partial charge in [-0.25, -0.2) is 0 Å². The van der Waals surface area contributed by atoms with E-state index in [0.29, 0.717) is 6.54 Å². The van der Waals surface area contributed by atoms with Crippen molar-refractivity contribution in [2.24, 2.45) is 0 Å². The van der Waals surface area contributed by atoms with Gasteiger partial charge in [-0.15, -0.1) is 0 Å². The fraction of sp³-hybridized carbons (Fsp3) is 0.364. The van der Waals surface area contributed by atoms with Gasteiger partial charge in [0.2, 0.25) is 5.91 Å². The Kier molecular flexibility index (Phi) is 7.11. The summed E-state index contributed by atoms with van der Waals surface area (Å²) in [5, 5.41) is 2.73. The van der Waals surface area contributed by atoms with Gasteiger partial charge in [0, 0.05) is 17.9 Å². The largest absolute Gasteiger partial charge is 0.352 e. The Bertz CT molecular complexity index is 269. The molecule has 0 heterocycles.